The van der Waals surface area contributed by atoms with Gasteiger partial charge in [-0.05, 0) is 31.1 Å². The number of carbonyl (C=O) groups excluding carboxylic acids is 2. The molecule has 22 heavy (non-hydrogen) atoms. The molecule has 3 heterocycles. The fraction of sp³-hybridized carbons (Fsp3) is 0.875. The molecule has 3 saturated heterocycles. The lowest BCUT2D eigenvalue weighted by atomic mass is 9.38. The number of piperazine rings is 1. The third-order valence-corrected chi connectivity index (χ3v) is 6.60. The minimum atomic E-state index is 0.136. The zero-order valence-electron chi connectivity index (χ0n) is 13.0. The maximum absolute atomic E-state index is 12.7. The number of urea groups is 1. The Bertz CT molecular complexity index is 528. The van der Waals surface area contributed by atoms with Gasteiger partial charge >= 0.3 is 6.03 Å². The summed E-state index contributed by atoms with van der Waals surface area (Å²) in [5.41, 5.74) is 0.471. The molecule has 6 fully saturated rings. The Labute approximate surface area is 130 Å². The molecule has 6 aliphatic rings. The number of hydrogen-bond acceptors (Lipinski definition) is 3. The highest BCUT2D eigenvalue weighted by Gasteiger charge is 2.72. The van der Waals surface area contributed by atoms with Gasteiger partial charge in [-0.3, -0.25) is 4.79 Å². The number of fused-ring (bicyclic) bond motifs is 1. The van der Waals surface area contributed by atoms with Crippen LogP contribution in [-0.4, -0.2) is 77.5 Å². The van der Waals surface area contributed by atoms with Gasteiger partial charge in [0.05, 0.1) is 6.04 Å². The second kappa shape index (κ2) is 4.16. The van der Waals surface area contributed by atoms with Crippen molar-refractivity contribution in [2.75, 3.05) is 39.3 Å². The topological polar surface area (TPSA) is 55.9 Å². The van der Waals surface area contributed by atoms with Crippen LogP contribution in [0.1, 0.15) is 32.1 Å². The molecule has 3 amide bonds. The van der Waals surface area contributed by atoms with Gasteiger partial charge in [-0.15, -0.1) is 0 Å². The van der Waals surface area contributed by atoms with Crippen molar-refractivity contribution in [2.45, 2.75) is 43.7 Å². The zero-order valence-corrected chi connectivity index (χ0v) is 13.0. The number of rotatable bonds is 3. The fourth-order valence-electron chi connectivity index (χ4n) is 5.69. The van der Waals surface area contributed by atoms with Crippen molar-refractivity contribution in [1.82, 2.24) is 20.0 Å². The molecule has 120 valence electrons. The van der Waals surface area contributed by atoms with Gasteiger partial charge in [-0.2, -0.15) is 0 Å². The maximum Gasteiger partial charge on any atom is 0.320 e. The van der Waals surface area contributed by atoms with E-state index in [1.54, 1.807) is 0 Å². The predicted octanol–water partition coefficient (Wildman–Crippen LogP) is 0.241. The summed E-state index contributed by atoms with van der Waals surface area (Å²) in [4.78, 5) is 30.8. The van der Waals surface area contributed by atoms with Gasteiger partial charge in [-0.1, -0.05) is 0 Å². The summed E-state index contributed by atoms with van der Waals surface area (Å²) in [7, 11) is 0. The van der Waals surface area contributed by atoms with E-state index >= 15 is 0 Å². The highest BCUT2D eigenvalue weighted by Crippen LogP contribution is 2.70. The lowest BCUT2D eigenvalue weighted by molar-refractivity contribution is -0.208. The van der Waals surface area contributed by atoms with Crippen molar-refractivity contribution >= 4 is 11.9 Å². The molecule has 0 aromatic rings. The minimum absolute atomic E-state index is 0.136. The smallest absolute Gasteiger partial charge is 0.320 e. The van der Waals surface area contributed by atoms with E-state index in [-0.39, 0.29) is 11.6 Å². The molecule has 3 saturated carbocycles. The fourth-order valence-corrected chi connectivity index (χ4v) is 5.69. The first-order chi connectivity index (χ1) is 10.6. The Morgan fingerprint density at radius 3 is 2.68 bits per heavy atom. The molecular formula is C16H24N4O2. The molecule has 3 aliphatic carbocycles. The van der Waals surface area contributed by atoms with Crippen molar-refractivity contribution in [2.24, 2.45) is 5.41 Å². The average Bonchev–Trinajstić information content (AvgIpc) is 2.98. The molecule has 6 heteroatoms. The predicted molar refractivity (Wildman–Crippen MR) is 80.3 cm³/mol. The Hall–Kier alpha value is -1.30. The number of carbonyl (C=O) groups is 2. The molecule has 0 radical (unpaired) electrons. The summed E-state index contributed by atoms with van der Waals surface area (Å²) < 4.78 is 0. The molecule has 0 aromatic carbocycles. The molecular weight excluding hydrogens is 280 g/mol. The van der Waals surface area contributed by atoms with Crippen LogP contribution < -0.4 is 5.32 Å². The standard InChI is InChI=1S/C16H24N4O2/c21-13-2-1-4-18(13)11-15-8-16(9-15,10-15)20-7-12-6-17-3-5-19(12)14(20)22/h12,17H,1-11H2. The van der Waals surface area contributed by atoms with Crippen LogP contribution >= 0.6 is 0 Å². The second-order valence-electron chi connectivity index (χ2n) is 8.12. The van der Waals surface area contributed by atoms with Crippen LogP contribution in [-0.2, 0) is 4.79 Å². The minimum Gasteiger partial charge on any atom is -0.342 e. The first kappa shape index (κ1) is 13.2. The number of hydrogen-bond donors (Lipinski definition) is 1. The number of amides is 3. The summed E-state index contributed by atoms with van der Waals surface area (Å²) in [5, 5.41) is 3.39. The quantitative estimate of drug-likeness (QED) is 0.813. The van der Waals surface area contributed by atoms with Gasteiger partial charge in [0.1, 0.15) is 0 Å². The third kappa shape index (κ3) is 1.59. The van der Waals surface area contributed by atoms with Crippen molar-refractivity contribution in [3.05, 3.63) is 0 Å². The Balaban J connectivity index is 1.25. The molecule has 1 atom stereocenters. The molecule has 0 spiro atoms. The van der Waals surface area contributed by atoms with E-state index in [0.717, 1.165) is 71.4 Å². The first-order valence-electron chi connectivity index (χ1n) is 8.68. The van der Waals surface area contributed by atoms with Gasteiger partial charge in [0.15, 0.2) is 0 Å². The van der Waals surface area contributed by atoms with Crippen LogP contribution in [0.3, 0.4) is 0 Å². The van der Waals surface area contributed by atoms with Gasteiger partial charge in [0.2, 0.25) is 5.91 Å². The second-order valence-corrected chi connectivity index (χ2v) is 8.12. The lowest BCUT2D eigenvalue weighted by Gasteiger charge is -2.73. The van der Waals surface area contributed by atoms with Crippen molar-refractivity contribution in [3.63, 3.8) is 0 Å². The lowest BCUT2D eigenvalue weighted by Crippen LogP contribution is -2.77. The highest BCUT2D eigenvalue weighted by atomic mass is 16.2. The van der Waals surface area contributed by atoms with E-state index in [9.17, 15) is 9.59 Å². The highest BCUT2D eigenvalue weighted by molar-refractivity contribution is 5.80. The van der Waals surface area contributed by atoms with Crippen LogP contribution in [0.15, 0.2) is 0 Å². The van der Waals surface area contributed by atoms with Crippen LogP contribution in [0.5, 0.6) is 0 Å². The SMILES string of the molecule is O=C1CCCN1CC12CC(N3CC4CNCCN4C3=O)(C1)C2. The summed E-state index contributed by atoms with van der Waals surface area (Å²) in [6.45, 7) is 5.48. The van der Waals surface area contributed by atoms with Crippen molar-refractivity contribution < 1.29 is 9.59 Å². The average molecular weight is 304 g/mol. The Morgan fingerprint density at radius 2 is 2.00 bits per heavy atom. The van der Waals surface area contributed by atoms with Gasteiger partial charge in [0, 0.05) is 51.2 Å². The summed E-state index contributed by atoms with van der Waals surface area (Å²) >= 11 is 0. The summed E-state index contributed by atoms with van der Waals surface area (Å²) in [5.74, 6) is 0.333. The van der Waals surface area contributed by atoms with Crippen LogP contribution in [0, 0.1) is 5.41 Å². The molecule has 1 N–H and O–H groups in total. The molecule has 1 unspecified atom stereocenters. The Morgan fingerprint density at radius 1 is 1.18 bits per heavy atom. The van der Waals surface area contributed by atoms with Gasteiger partial charge in [-0.25, -0.2) is 4.79 Å². The third-order valence-electron chi connectivity index (χ3n) is 6.60. The van der Waals surface area contributed by atoms with Crippen molar-refractivity contribution in [1.29, 1.82) is 0 Å². The monoisotopic (exact) mass is 304 g/mol. The van der Waals surface area contributed by atoms with E-state index in [1.807, 2.05) is 0 Å². The van der Waals surface area contributed by atoms with Gasteiger partial charge in [0.25, 0.3) is 0 Å². The molecule has 2 bridgehead atoms. The summed E-state index contributed by atoms with van der Waals surface area (Å²) in [6, 6.07) is 0.628. The normalized spacial score (nSPS) is 43.3. The van der Waals surface area contributed by atoms with Crippen LogP contribution in [0.25, 0.3) is 0 Å². The molecule has 6 rings (SSSR count). The van der Waals surface area contributed by atoms with Crippen molar-refractivity contribution in [3.8, 4) is 0 Å². The molecule has 6 nitrogen and oxygen atoms in total. The van der Waals surface area contributed by atoms with E-state index in [4.69, 9.17) is 0 Å². The van der Waals surface area contributed by atoms with E-state index in [2.05, 4.69) is 20.0 Å². The van der Waals surface area contributed by atoms with Gasteiger partial charge < -0.3 is 20.0 Å². The van der Waals surface area contributed by atoms with E-state index in [0.29, 0.717) is 17.4 Å². The molecule has 0 aromatic heterocycles. The number of nitrogens with zero attached hydrogens (tertiary/aromatic N) is 3. The summed E-state index contributed by atoms with van der Waals surface area (Å²) in [6.07, 6.45) is 5.10. The Kier molecular flexibility index (Phi) is 2.49. The van der Waals surface area contributed by atoms with Crippen LogP contribution in [0.4, 0.5) is 4.79 Å². The van der Waals surface area contributed by atoms with Crippen LogP contribution in [0.2, 0.25) is 0 Å². The largest absolute Gasteiger partial charge is 0.342 e. The molecule has 3 aliphatic heterocycles. The number of nitrogens with one attached hydrogen (secondary N) is 1. The van der Waals surface area contributed by atoms with E-state index in [1.165, 1.54) is 0 Å². The zero-order chi connectivity index (χ0) is 14.9. The maximum atomic E-state index is 12.7. The first-order valence-corrected chi connectivity index (χ1v) is 8.68. The van der Waals surface area contributed by atoms with E-state index < -0.39 is 0 Å². The number of likely N-dealkylation sites (tertiary alicyclic amines) is 1.